The van der Waals surface area contributed by atoms with E-state index in [1.807, 2.05) is 0 Å². The molecule has 0 amide bonds. The molecule has 0 saturated carbocycles. The van der Waals surface area contributed by atoms with Gasteiger partial charge in [0.05, 0.1) is 0 Å². The Kier molecular flexibility index (Phi) is 8.43. The van der Waals surface area contributed by atoms with Crippen molar-refractivity contribution < 1.29 is 0 Å². The van der Waals surface area contributed by atoms with Crippen LogP contribution in [0, 0.1) is 0 Å². The number of hydrogen-bond donors (Lipinski definition) is 0. The van der Waals surface area contributed by atoms with Crippen molar-refractivity contribution in [1.82, 2.24) is 4.44 Å². The summed E-state index contributed by atoms with van der Waals surface area (Å²) in [5.41, 5.74) is 4.25. The van der Waals surface area contributed by atoms with Gasteiger partial charge in [-0.25, -0.2) is 0 Å². The zero-order valence-corrected chi connectivity index (χ0v) is 22.4. The van der Waals surface area contributed by atoms with Crippen molar-refractivity contribution in [2.24, 2.45) is 0 Å². The molecule has 0 radical (unpaired) electrons. The fraction of sp³-hybridized carbons (Fsp3) is 0.250. The van der Waals surface area contributed by atoms with Crippen molar-refractivity contribution in [1.29, 1.82) is 0 Å². The van der Waals surface area contributed by atoms with Gasteiger partial charge in [0.25, 0.3) is 0 Å². The van der Waals surface area contributed by atoms with Gasteiger partial charge in [-0.3, -0.25) is 4.44 Å². The van der Waals surface area contributed by atoms with E-state index in [-0.39, 0.29) is 0 Å². The molecule has 1 aliphatic rings. The van der Waals surface area contributed by atoms with E-state index in [1.165, 1.54) is 47.4 Å². The van der Waals surface area contributed by atoms with Crippen LogP contribution < -0.4 is 10.6 Å². The van der Waals surface area contributed by atoms with Gasteiger partial charge in [-0.2, -0.15) is 0 Å². The van der Waals surface area contributed by atoms with Crippen LogP contribution in [-0.2, 0) is 0 Å². The monoisotopic (exact) mass is 495 g/mol. The summed E-state index contributed by atoms with van der Waals surface area (Å²) in [5.74, 6) is 0. The van der Waals surface area contributed by atoms with Crippen LogP contribution in [0.3, 0.4) is 0 Å². The maximum Gasteiger partial charge on any atom is 0.0318 e. The highest BCUT2D eigenvalue weighted by molar-refractivity contribution is 7.79. The average Bonchev–Trinajstić information content (AvgIpc) is 3.38. The first-order chi connectivity index (χ1) is 17.4. The fourth-order valence-electron chi connectivity index (χ4n) is 5.28. The molecule has 4 aromatic rings. The lowest BCUT2D eigenvalue weighted by Crippen LogP contribution is -2.27. The van der Waals surface area contributed by atoms with E-state index in [9.17, 15) is 0 Å². The molecule has 1 aliphatic heterocycles. The van der Waals surface area contributed by atoms with Crippen LogP contribution in [0.15, 0.2) is 121 Å². The molecular weight excluding hydrogens is 460 g/mol. The molecule has 2 atom stereocenters. The Bertz CT molecular complexity index is 1060. The minimum absolute atomic E-state index is 0.424. The molecule has 5 rings (SSSR count). The topological polar surface area (TPSA) is 3.24 Å². The highest BCUT2D eigenvalue weighted by Crippen LogP contribution is 2.76. The summed E-state index contributed by atoms with van der Waals surface area (Å²) in [7, 11) is -1.03. The van der Waals surface area contributed by atoms with Gasteiger partial charge in [-0.05, 0) is 49.1 Å². The van der Waals surface area contributed by atoms with E-state index in [0.29, 0.717) is 11.3 Å². The number of rotatable bonds is 9. The molecule has 1 saturated heterocycles. The zero-order chi connectivity index (χ0) is 23.9. The highest BCUT2D eigenvalue weighted by Gasteiger charge is 2.43. The Morgan fingerprint density at radius 3 is 1.43 bits per heavy atom. The van der Waals surface area contributed by atoms with Gasteiger partial charge in [0.1, 0.15) is 0 Å². The molecule has 1 heterocycles. The Morgan fingerprint density at radius 1 is 0.629 bits per heavy atom. The Hall–Kier alpha value is -2.30. The minimum Gasteiger partial charge on any atom is -0.251 e. The predicted octanol–water partition coefficient (Wildman–Crippen LogP) is 8.81. The quantitative estimate of drug-likeness (QED) is 0.210. The third-order valence-corrected chi connectivity index (χ3v) is 13.4. The third-order valence-electron chi connectivity index (χ3n) is 6.93. The standard InChI is InChI=1S/C32H35NP2/c1-2-3-26-33(34(29-20-12-6-13-21-29)30-22-14-7-15-23-30)35-31(27-16-8-4-9-17-27)24-25-32(35)28-18-10-5-11-19-28/h4-23,31-32H,2-3,24-26H2,1H3/t31-,32-/m1/s1. The van der Waals surface area contributed by atoms with Crippen molar-refractivity contribution in [3.8, 4) is 0 Å². The van der Waals surface area contributed by atoms with Crippen molar-refractivity contribution in [3.63, 3.8) is 0 Å². The van der Waals surface area contributed by atoms with E-state index in [0.717, 1.165) is 6.54 Å². The molecule has 1 fully saturated rings. The molecule has 3 heteroatoms. The second-order valence-corrected chi connectivity index (χ2v) is 14.2. The van der Waals surface area contributed by atoms with Crippen molar-refractivity contribution in [2.75, 3.05) is 6.54 Å². The SMILES string of the molecule is CCCCN(P(c1ccccc1)c1ccccc1)P1[C@@H](c2ccccc2)CC[C@@H]1c1ccccc1. The van der Waals surface area contributed by atoms with E-state index >= 15 is 0 Å². The molecule has 0 aromatic heterocycles. The van der Waals surface area contributed by atoms with Crippen molar-refractivity contribution in [3.05, 3.63) is 132 Å². The van der Waals surface area contributed by atoms with Gasteiger partial charge < -0.3 is 0 Å². The van der Waals surface area contributed by atoms with Gasteiger partial charge in [-0.15, -0.1) is 0 Å². The van der Waals surface area contributed by atoms with Gasteiger partial charge >= 0.3 is 0 Å². The first-order valence-electron chi connectivity index (χ1n) is 12.9. The molecular formula is C32H35NP2. The summed E-state index contributed by atoms with van der Waals surface area (Å²) in [6, 6.07) is 45.3. The highest BCUT2D eigenvalue weighted by atomic mass is 31.2. The fourth-order valence-corrected chi connectivity index (χ4v) is 12.8. The van der Waals surface area contributed by atoms with Crippen LogP contribution in [0.5, 0.6) is 0 Å². The first kappa shape index (κ1) is 24.4. The second kappa shape index (κ2) is 12.1. The Balaban J connectivity index is 1.65. The summed E-state index contributed by atoms with van der Waals surface area (Å²) in [6.45, 7) is 3.49. The van der Waals surface area contributed by atoms with Crippen LogP contribution in [-0.4, -0.2) is 11.0 Å². The first-order valence-corrected chi connectivity index (χ1v) is 15.7. The van der Waals surface area contributed by atoms with Crippen LogP contribution in [0.1, 0.15) is 55.1 Å². The number of hydrogen-bond acceptors (Lipinski definition) is 1. The lowest BCUT2D eigenvalue weighted by molar-refractivity contribution is 0.632. The molecule has 0 spiro atoms. The van der Waals surface area contributed by atoms with E-state index < -0.39 is 16.1 Å². The van der Waals surface area contributed by atoms with Crippen LogP contribution in [0.25, 0.3) is 0 Å². The summed E-state index contributed by atoms with van der Waals surface area (Å²) < 4.78 is 3.00. The molecule has 0 unspecified atom stereocenters. The van der Waals surface area contributed by atoms with Gasteiger partial charge in [-0.1, -0.05) is 135 Å². The van der Waals surface area contributed by atoms with E-state index in [1.54, 1.807) is 0 Å². The second-order valence-electron chi connectivity index (χ2n) is 9.24. The molecule has 0 bridgehead atoms. The van der Waals surface area contributed by atoms with Crippen LogP contribution >= 0.6 is 16.1 Å². The van der Waals surface area contributed by atoms with Gasteiger partial charge in [0.15, 0.2) is 0 Å². The average molecular weight is 496 g/mol. The summed E-state index contributed by atoms with van der Waals surface area (Å²) in [6.07, 6.45) is 4.99. The smallest absolute Gasteiger partial charge is 0.0318 e. The van der Waals surface area contributed by atoms with Crippen molar-refractivity contribution >= 4 is 26.8 Å². The Labute approximate surface area is 213 Å². The lowest BCUT2D eigenvalue weighted by atomic mass is 10.0. The maximum atomic E-state index is 3.00. The summed E-state index contributed by atoms with van der Waals surface area (Å²) in [4.78, 5) is 0. The summed E-state index contributed by atoms with van der Waals surface area (Å²) >= 11 is 0. The lowest BCUT2D eigenvalue weighted by Gasteiger charge is -2.42. The normalized spacial score (nSPS) is 18.4. The van der Waals surface area contributed by atoms with Crippen molar-refractivity contribution in [2.45, 2.75) is 43.9 Å². The molecule has 4 aromatic carbocycles. The largest absolute Gasteiger partial charge is 0.251 e. The van der Waals surface area contributed by atoms with Crippen LogP contribution in [0.4, 0.5) is 0 Å². The van der Waals surface area contributed by atoms with Gasteiger partial charge in [0.2, 0.25) is 0 Å². The van der Waals surface area contributed by atoms with Gasteiger partial charge in [0, 0.05) is 25.9 Å². The Morgan fingerprint density at radius 2 is 1.03 bits per heavy atom. The number of benzene rings is 4. The number of unbranched alkanes of at least 4 members (excludes halogenated alkanes) is 1. The predicted molar refractivity (Wildman–Crippen MR) is 155 cm³/mol. The minimum atomic E-state index is -0.609. The van der Waals surface area contributed by atoms with E-state index in [4.69, 9.17) is 0 Å². The number of nitrogens with zero attached hydrogens (tertiary/aromatic N) is 1. The third kappa shape index (κ3) is 5.59. The van der Waals surface area contributed by atoms with Crippen LogP contribution in [0.2, 0.25) is 0 Å². The van der Waals surface area contributed by atoms with E-state index in [2.05, 4.69) is 133 Å². The molecule has 35 heavy (non-hydrogen) atoms. The molecule has 0 N–H and O–H groups in total. The molecule has 1 nitrogen and oxygen atoms in total. The molecule has 0 aliphatic carbocycles. The zero-order valence-electron chi connectivity index (χ0n) is 20.6. The molecule has 178 valence electrons. The summed E-state index contributed by atoms with van der Waals surface area (Å²) in [5, 5.41) is 2.94. The maximum absolute atomic E-state index is 3.00.